The first-order chi connectivity index (χ1) is 14.9. The van der Waals surface area contributed by atoms with Crippen molar-refractivity contribution in [2.75, 3.05) is 15.5 Å². The fourth-order valence-corrected chi connectivity index (χ4v) is 3.70. The van der Waals surface area contributed by atoms with E-state index in [2.05, 4.69) is 10.6 Å². The lowest BCUT2D eigenvalue weighted by Gasteiger charge is -2.32. The van der Waals surface area contributed by atoms with Crippen LogP contribution in [0, 0.1) is 0 Å². The number of nitrogens with zero attached hydrogens (tertiary/aromatic N) is 2. The van der Waals surface area contributed by atoms with E-state index < -0.39 is 6.04 Å². The predicted molar refractivity (Wildman–Crippen MR) is 118 cm³/mol. The third kappa shape index (κ3) is 4.41. The maximum Gasteiger partial charge on any atom is 0.294 e. The second kappa shape index (κ2) is 8.57. The van der Waals surface area contributed by atoms with Gasteiger partial charge in [-0.3, -0.25) is 19.3 Å². The number of halogens is 1. The quantitative estimate of drug-likeness (QED) is 0.617. The Bertz CT molecular complexity index is 1150. The Balaban J connectivity index is 1.71. The summed E-state index contributed by atoms with van der Waals surface area (Å²) in [4.78, 5) is 39.2. The Hall–Kier alpha value is -3.71. The van der Waals surface area contributed by atoms with E-state index in [9.17, 15) is 14.4 Å². The SMILES string of the molecule is CC(=O)Nc1ccc(N2C(=O)C[n+]3ccccc3C2C(=O)Nc2ccc(Cl)cc2)cc1. The molecule has 156 valence electrons. The average molecular weight is 436 g/mol. The molecule has 2 heterocycles. The largest absolute Gasteiger partial charge is 0.326 e. The molecular weight excluding hydrogens is 416 g/mol. The number of nitrogens with one attached hydrogen (secondary N) is 2. The molecule has 8 heteroatoms. The van der Waals surface area contributed by atoms with Gasteiger partial charge in [0.15, 0.2) is 6.20 Å². The Morgan fingerprint density at radius 1 is 0.968 bits per heavy atom. The summed E-state index contributed by atoms with van der Waals surface area (Å²) in [6.45, 7) is 1.54. The molecule has 31 heavy (non-hydrogen) atoms. The highest BCUT2D eigenvalue weighted by Gasteiger charge is 2.43. The van der Waals surface area contributed by atoms with Gasteiger partial charge in [-0.15, -0.1) is 0 Å². The van der Waals surface area contributed by atoms with E-state index in [1.807, 2.05) is 18.2 Å². The summed E-state index contributed by atoms with van der Waals surface area (Å²) in [5.41, 5.74) is 2.44. The van der Waals surface area contributed by atoms with Crippen molar-refractivity contribution in [2.24, 2.45) is 0 Å². The Kier molecular flexibility index (Phi) is 5.68. The van der Waals surface area contributed by atoms with Crippen LogP contribution in [0.1, 0.15) is 18.7 Å². The summed E-state index contributed by atoms with van der Waals surface area (Å²) in [7, 11) is 0. The number of benzene rings is 2. The molecule has 0 saturated heterocycles. The maximum absolute atomic E-state index is 13.3. The van der Waals surface area contributed by atoms with Gasteiger partial charge in [0.2, 0.25) is 24.2 Å². The van der Waals surface area contributed by atoms with E-state index in [0.29, 0.717) is 27.8 Å². The number of carbonyl (C=O) groups is 3. The topological polar surface area (TPSA) is 82.4 Å². The molecule has 2 aromatic carbocycles. The molecule has 0 saturated carbocycles. The zero-order valence-corrected chi connectivity index (χ0v) is 17.5. The van der Waals surface area contributed by atoms with Crippen LogP contribution in [0.2, 0.25) is 5.02 Å². The number of aromatic nitrogens is 1. The highest BCUT2D eigenvalue weighted by atomic mass is 35.5. The molecule has 1 atom stereocenters. The van der Waals surface area contributed by atoms with Crippen LogP contribution >= 0.6 is 11.6 Å². The number of anilines is 3. The van der Waals surface area contributed by atoms with Gasteiger partial charge in [0, 0.05) is 41.1 Å². The van der Waals surface area contributed by atoms with E-state index >= 15 is 0 Å². The number of pyridine rings is 1. The zero-order valence-electron chi connectivity index (χ0n) is 16.7. The molecule has 0 bridgehead atoms. The molecule has 0 spiro atoms. The van der Waals surface area contributed by atoms with E-state index in [1.54, 1.807) is 59.3 Å². The number of rotatable bonds is 4. The molecule has 0 fully saturated rings. The van der Waals surface area contributed by atoms with E-state index in [1.165, 1.54) is 11.8 Å². The van der Waals surface area contributed by atoms with Gasteiger partial charge in [0.05, 0.1) is 0 Å². The normalized spacial score (nSPS) is 15.2. The molecule has 1 aliphatic heterocycles. The minimum Gasteiger partial charge on any atom is -0.326 e. The molecular formula is C23H20ClN4O3+. The fraction of sp³-hybridized carbons (Fsp3) is 0.130. The van der Waals surface area contributed by atoms with Gasteiger partial charge in [0.1, 0.15) is 0 Å². The van der Waals surface area contributed by atoms with Crippen LogP contribution in [0.25, 0.3) is 0 Å². The van der Waals surface area contributed by atoms with E-state index in [0.717, 1.165) is 0 Å². The van der Waals surface area contributed by atoms with Crippen molar-refractivity contribution < 1.29 is 19.0 Å². The monoisotopic (exact) mass is 435 g/mol. The molecule has 0 radical (unpaired) electrons. The van der Waals surface area contributed by atoms with Gasteiger partial charge in [-0.2, -0.15) is 4.57 Å². The summed E-state index contributed by atoms with van der Waals surface area (Å²) >= 11 is 5.94. The molecule has 3 aromatic rings. The molecule has 7 nitrogen and oxygen atoms in total. The molecule has 3 amide bonds. The van der Waals surface area contributed by atoms with Crippen molar-refractivity contribution >= 4 is 46.4 Å². The predicted octanol–water partition coefficient (Wildman–Crippen LogP) is 3.31. The first kappa shape index (κ1) is 20.6. The van der Waals surface area contributed by atoms with Crippen LogP contribution in [0.4, 0.5) is 17.1 Å². The lowest BCUT2D eigenvalue weighted by Crippen LogP contribution is -2.58. The zero-order chi connectivity index (χ0) is 22.0. The molecule has 1 unspecified atom stereocenters. The number of carbonyl (C=O) groups excluding carboxylic acids is 3. The first-order valence-corrected chi connectivity index (χ1v) is 10.0. The lowest BCUT2D eigenvalue weighted by molar-refractivity contribution is -0.695. The minimum absolute atomic E-state index is 0.119. The van der Waals surface area contributed by atoms with Crippen molar-refractivity contribution in [3.8, 4) is 0 Å². The minimum atomic E-state index is -0.871. The third-order valence-corrected chi connectivity index (χ3v) is 5.17. The highest BCUT2D eigenvalue weighted by molar-refractivity contribution is 6.30. The van der Waals surface area contributed by atoms with Gasteiger partial charge in [0.25, 0.3) is 11.8 Å². The summed E-state index contributed by atoms with van der Waals surface area (Å²) in [6.07, 6.45) is 1.78. The van der Waals surface area contributed by atoms with Crippen LogP contribution in [0.5, 0.6) is 0 Å². The lowest BCUT2D eigenvalue weighted by atomic mass is 10.0. The fourth-order valence-electron chi connectivity index (χ4n) is 3.58. The molecule has 1 aromatic heterocycles. The van der Waals surface area contributed by atoms with Crippen LogP contribution in [0.3, 0.4) is 0 Å². The summed E-state index contributed by atoms with van der Waals surface area (Å²) < 4.78 is 1.77. The van der Waals surface area contributed by atoms with Crippen molar-refractivity contribution in [3.63, 3.8) is 0 Å². The Morgan fingerprint density at radius 3 is 2.29 bits per heavy atom. The second-order valence-corrected chi connectivity index (χ2v) is 7.58. The van der Waals surface area contributed by atoms with Gasteiger partial charge in [-0.25, -0.2) is 0 Å². The standard InChI is InChI=1S/C23H19ClN4O3/c1-15(29)25-17-9-11-19(12-10-17)28-21(30)14-27-13-3-2-4-20(27)22(28)23(31)26-18-7-5-16(24)6-8-18/h2-13,22H,14H2,1H3,(H-,25,26,29,31)/p+1. The molecule has 0 aliphatic carbocycles. The van der Waals surface area contributed by atoms with Gasteiger partial charge in [-0.05, 0) is 48.5 Å². The number of amides is 3. The average Bonchev–Trinajstić information content (AvgIpc) is 2.74. The summed E-state index contributed by atoms with van der Waals surface area (Å²) in [5, 5.41) is 6.13. The van der Waals surface area contributed by atoms with Crippen LogP contribution in [-0.4, -0.2) is 17.7 Å². The van der Waals surface area contributed by atoms with Crippen molar-refractivity contribution in [3.05, 3.63) is 83.6 Å². The van der Waals surface area contributed by atoms with Crippen molar-refractivity contribution in [1.29, 1.82) is 0 Å². The van der Waals surface area contributed by atoms with Gasteiger partial charge < -0.3 is 10.6 Å². The second-order valence-electron chi connectivity index (χ2n) is 7.14. The highest BCUT2D eigenvalue weighted by Crippen LogP contribution is 2.31. The van der Waals surface area contributed by atoms with Crippen LogP contribution in [-0.2, 0) is 20.9 Å². The van der Waals surface area contributed by atoms with Gasteiger partial charge in [-0.1, -0.05) is 17.7 Å². The third-order valence-electron chi connectivity index (χ3n) is 4.91. The van der Waals surface area contributed by atoms with Crippen LogP contribution in [0.15, 0.2) is 72.9 Å². The van der Waals surface area contributed by atoms with Crippen molar-refractivity contribution in [2.45, 2.75) is 19.5 Å². The van der Waals surface area contributed by atoms with E-state index in [-0.39, 0.29) is 24.3 Å². The summed E-state index contributed by atoms with van der Waals surface area (Å²) in [5.74, 6) is -0.749. The Morgan fingerprint density at radius 2 is 1.61 bits per heavy atom. The molecule has 4 rings (SSSR count). The summed E-state index contributed by atoms with van der Waals surface area (Å²) in [6, 6.07) is 18.2. The number of hydrogen-bond donors (Lipinski definition) is 2. The van der Waals surface area contributed by atoms with E-state index in [4.69, 9.17) is 11.6 Å². The molecule has 1 aliphatic rings. The number of hydrogen-bond acceptors (Lipinski definition) is 3. The van der Waals surface area contributed by atoms with Crippen LogP contribution < -0.4 is 20.1 Å². The smallest absolute Gasteiger partial charge is 0.294 e. The molecule has 2 N–H and O–H groups in total. The van der Waals surface area contributed by atoms with Gasteiger partial charge >= 0.3 is 0 Å². The maximum atomic E-state index is 13.3. The Labute approximate surface area is 184 Å². The van der Waals surface area contributed by atoms with Crippen molar-refractivity contribution in [1.82, 2.24) is 0 Å². The first-order valence-electron chi connectivity index (χ1n) is 9.67. The number of fused-ring (bicyclic) bond motifs is 1.